The lowest BCUT2D eigenvalue weighted by Gasteiger charge is -2.34. The van der Waals surface area contributed by atoms with Crippen LogP contribution < -0.4 is 9.46 Å². The zero-order valence-electron chi connectivity index (χ0n) is 20.7. The summed E-state index contributed by atoms with van der Waals surface area (Å²) in [6.45, 7) is 7.48. The molecule has 34 heavy (non-hydrogen) atoms. The van der Waals surface area contributed by atoms with Gasteiger partial charge < -0.3 is 14.4 Å². The van der Waals surface area contributed by atoms with Gasteiger partial charge in [-0.3, -0.25) is 14.4 Å². The van der Waals surface area contributed by atoms with E-state index in [1.165, 1.54) is 0 Å². The molecule has 3 atom stereocenters. The summed E-state index contributed by atoms with van der Waals surface area (Å²) in [4.78, 5) is 17.3. The fourth-order valence-corrected chi connectivity index (χ4v) is 5.38. The average molecular weight is 490 g/mol. The van der Waals surface area contributed by atoms with Gasteiger partial charge in [-0.15, -0.1) is 0 Å². The standard InChI is InChI=1S/C25H35N3O5S/c1-17-9-7-8-10-24(17)34(30,31)26-20-11-12-21-22(13-20)33-16-19(3)27(4)14-18(2)23(32-6)15-28(5)25(21)29/h7-13,18-19,23,26H,14-16H2,1-6H3/t18-,19+,23+/m1/s1. The van der Waals surface area contributed by atoms with Crippen LogP contribution in [0.5, 0.6) is 5.75 Å². The minimum absolute atomic E-state index is 0.0763. The Kier molecular flexibility index (Phi) is 8.22. The molecule has 0 radical (unpaired) electrons. The van der Waals surface area contributed by atoms with Crippen molar-refractivity contribution in [3.63, 3.8) is 0 Å². The molecule has 0 fully saturated rings. The highest BCUT2D eigenvalue weighted by atomic mass is 32.2. The third-order valence-electron chi connectivity index (χ3n) is 6.39. The number of ether oxygens (including phenoxy) is 2. The van der Waals surface area contributed by atoms with Crippen molar-refractivity contribution in [3.05, 3.63) is 53.6 Å². The Morgan fingerprint density at radius 3 is 2.47 bits per heavy atom. The van der Waals surface area contributed by atoms with Gasteiger partial charge in [-0.2, -0.15) is 0 Å². The number of rotatable bonds is 4. The number of likely N-dealkylation sites (N-methyl/N-ethyl adjacent to an activating group) is 2. The van der Waals surface area contributed by atoms with Crippen LogP contribution in [-0.4, -0.2) is 77.2 Å². The molecule has 1 N–H and O–H groups in total. The van der Waals surface area contributed by atoms with E-state index in [-0.39, 0.29) is 28.9 Å². The maximum Gasteiger partial charge on any atom is 0.262 e. The molecule has 0 spiro atoms. The lowest BCUT2D eigenvalue weighted by atomic mass is 10.0. The molecule has 0 aromatic heterocycles. The summed E-state index contributed by atoms with van der Waals surface area (Å²) < 4.78 is 40.3. The molecule has 9 heteroatoms. The van der Waals surface area contributed by atoms with Crippen LogP contribution in [-0.2, 0) is 14.8 Å². The molecule has 2 aromatic carbocycles. The summed E-state index contributed by atoms with van der Waals surface area (Å²) in [7, 11) is 1.64. The number of aryl methyl sites for hydroxylation is 1. The van der Waals surface area contributed by atoms with E-state index in [4.69, 9.17) is 9.47 Å². The number of hydrogen-bond acceptors (Lipinski definition) is 6. The lowest BCUT2D eigenvalue weighted by Crippen LogP contribution is -2.45. The number of amides is 1. The number of nitrogens with one attached hydrogen (secondary N) is 1. The van der Waals surface area contributed by atoms with E-state index in [0.717, 1.165) is 6.54 Å². The largest absolute Gasteiger partial charge is 0.491 e. The van der Waals surface area contributed by atoms with Crippen LogP contribution in [0.1, 0.15) is 29.8 Å². The third-order valence-corrected chi connectivity index (χ3v) is 7.94. The average Bonchev–Trinajstić information content (AvgIpc) is 2.79. The van der Waals surface area contributed by atoms with Crippen LogP contribution in [0.25, 0.3) is 0 Å². The summed E-state index contributed by atoms with van der Waals surface area (Å²) in [5.74, 6) is 0.341. The summed E-state index contributed by atoms with van der Waals surface area (Å²) in [5.41, 5.74) is 1.35. The highest BCUT2D eigenvalue weighted by Gasteiger charge is 2.27. The Morgan fingerprint density at radius 2 is 1.79 bits per heavy atom. The molecule has 0 aliphatic carbocycles. The van der Waals surface area contributed by atoms with Crippen molar-refractivity contribution in [2.45, 2.75) is 37.8 Å². The fourth-order valence-electron chi connectivity index (χ4n) is 4.08. The highest BCUT2D eigenvalue weighted by molar-refractivity contribution is 7.92. The highest BCUT2D eigenvalue weighted by Crippen LogP contribution is 2.28. The molecule has 8 nitrogen and oxygen atoms in total. The van der Waals surface area contributed by atoms with Gasteiger partial charge in [-0.25, -0.2) is 8.42 Å². The Bertz CT molecular complexity index is 1120. The predicted octanol–water partition coefficient (Wildman–Crippen LogP) is 3.23. The summed E-state index contributed by atoms with van der Waals surface area (Å²) in [6.07, 6.45) is -0.118. The maximum atomic E-state index is 13.3. The minimum Gasteiger partial charge on any atom is -0.491 e. The maximum absolute atomic E-state index is 13.3. The quantitative estimate of drug-likeness (QED) is 0.710. The van der Waals surface area contributed by atoms with Crippen molar-refractivity contribution in [1.82, 2.24) is 9.80 Å². The lowest BCUT2D eigenvalue weighted by molar-refractivity contribution is 0.0150. The number of sulfonamides is 1. The molecule has 0 bridgehead atoms. The molecule has 1 heterocycles. The van der Waals surface area contributed by atoms with Crippen molar-refractivity contribution in [3.8, 4) is 5.75 Å². The first-order valence-corrected chi connectivity index (χ1v) is 12.9. The van der Waals surface area contributed by atoms with Gasteiger partial charge in [0.1, 0.15) is 12.4 Å². The monoisotopic (exact) mass is 489 g/mol. The van der Waals surface area contributed by atoms with Crippen LogP contribution in [0, 0.1) is 12.8 Å². The number of anilines is 1. The molecular formula is C25H35N3O5S. The number of carbonyl (C=O) groups excluding carboxylic acids is 1. The molecule has 0 saturated heterocycles. The Balaban J connectivity index is 1.96. The van der Waals surface area contributed by atoms with Gasteiger partial charge in [-0.05, 0) is 50.6 Å². The molecule has 0 saturated carbocycles. The molecule has 1 aliphatic rings. The van der Waals surface area contributed by atoms with Gasteiger partial charge in [0.05, 0.1) is 22.3 Å². The van der Waals surface area contributed by atoms with Crippen LogP contribution in [0.3, 0.4) is 0 Å². The van der Waals surface area contributed by atoms with Crippen molar-refractivity contribution in [1.29, 1.82) is 0 Å². The smallest absolute Gasteiger partial charge is 0.262 e. The molecule has 1 aliphatic heterocycles. The molecular weight excluding hydrogens is 454 g/mol. The number of nitrogens with zero attached hydrogens (tertiary/aromatic N) is 2. The summed E-state index contributed by atoms with van der Waals surface area (Å²) >= 11 is 0. The Labute approximate surface area is 202 Å². The van der Waals surface area contributed by atoms with Crippen LogP contribution in [0.15, 0.2) is 47.4 Å². The molecule has 186 valence electrons. The van der Waals surface area contributed by atoms with Gasteiger partial charge in [0, 0.05) is 39.4 Å². The van der Waals surface area contributed by atoms with E-state index < -0.39 is 10.0 Å². The summed E-state index contributed by atoms with van der Waals surface area (Å²) in [5, 5.41) is 0. The van der Waals surface area contributed by atoms with Crippen LogP contribution in [0.2, 0.25) is 0 Å². The topological polar surface area (TPSA) is 88.2 Å². The molecule has 3 rings (SSSR count). The van der Waals surface area contributed by atoms with Gasteiger partial charge in [0.15, 0.2) is 0 Å². The van der Waals surface area contributed by atoms with Gasteiger partial charge in [0.25, 0.3) is 15.9 Å². The predicted molar refractivity (Wildman–Crippen MR) is 133 cm³/mol. The third kappa shape index (κ3) is 5.89. The number of carbonyl (C=O) groups is 1. The van der Waals surface area contributed by atoms with Crippen molar-refractivity contribution in [2.75, 3.05) is 45.6 Å². The molecule has 0 unspecified atom stereocenters. The van der Waals surface area contributed by atoms with Crippen LogP contribution >= 0.6 is 0 Å². The number of fused-ring (bicyclic) bond motifs is 1. The van der Waals surface area contributed by atoms with E-state index in [0.29, 0.717) is 35.7 Å². The Hall–Kier alpha value is -2.62. The van der Waals surface area contributed by atoms with Crippen molar-refractivity contribution in [2.24, 2.45) is 5.92 Å². The van der Waals surface area contributed by atoms with Gasteiger partial charge in [-0.1, -0.05) is 25.1 Å². The van der Waals surface area contributed by atoms with E-state index >= 15 is 0 Å². The van der Waals surface area contributed by atoms with Crippen LogP contribution in [0.4, 0.5) is 5.69 Å². The zero-order valence-corrected chi connectivity index (χ0v) is 21.6. The SMILES string of the molecule is CO[C@H]1CN(C)C(=O)c2ccc(NS(=O)(=O)c3ccccc3C)cc2OC[C@H](C)N(C)C[C@H]1C. The Morgan fingerprint density at radius 1 is 1.09 bits per heavy atom. The zero-order chi connectivity index (χ0) is 25.0. The summed E-state index contributed by atoms with van der Waals surface area (Å²) in [6, 6.07) is 11.6. The fraction of sp³-hybridized carbons (Fsp3) is 0.480. The molecule has 1 amide bonds. The van der Waals surface area contributed by atoms with E-state index in [1.807, 2.05) is 7.05 Å². The van der Waals surface area contributed by atoms with E-state index in [1.54, 1.807) is 68.4 Å². The first-order valence-electron chi connectivity index (χ1n) is 11.4. The van der Waals surface area contributed by atoms with Crippen molar-refractivity contribution < 1.29 is 22.7 Å². The second kappa shape index (κ2) is 10.8. The first kappa shape index (κ1) is 26.0. The molecule has 2 aromatic rings. The minimum atomic E-state index is -3.80. The second-order valence-corrected chi connectivity index (χ2v) is 10.8. The van der Waals surface area contributed by atoms with E-state index in [2.05, 4.69) is 23.5 Å². The number of benzene rings is 2. The number of hydrogen-bond donors (Lipinski definition) is 1. The first-order chi connectivity index (χ1) is 16.0. The normalized spacial score (nSPS) is 22.8. The number of methoxy groups -OCH3 is 1. The second-order valence-electron chi connectivity index (χ2n) is 9.12. The van der Waals surface area contributed by atoms with Gasteiger partial charge in [0.2, 0.25) is 0 Å². The van der Waals surface area contributed by atoms with Gasteiger partial charge >= 0.3 is 0 Å². The van der Waals surface area contributed by atoms with E-state index in [9.17, 15) is 13.2 Å². The van der Waals surface area contributed by atoms with Crippen molar-refractivity contribution >= 4 is 21.6 Å².